The molecule has 0 radical (unpaired) electrons. The highest BCUT2D eigenvalue weighted by Crippen LogP contribution is 2.24. The lowest BCUT2D eigenvalue weighted by atomic mass is 10.1. The molecule has 0 atom stereocenters. The third kappa shape index (κ3) is 4.22. The van der Waals surface area contributed by atoms with Crippen LogP contribution in [-0.2, 0) is 21.2 Å². The van der Waals surface area contributed by atoms with Gasteiger partial charge in [0.05, 0.1) is 29.7 Å². The maximum Gasteiger partial charge on any atom is 0.255 e. The summed E-state index contributed by atoms with van der Waals surface area (Å²) in [7, 11) is -3.71. The van der Waals surface area contributed by atoms with Crippen molar-refractivity contribution in [2.75, 3.05) is 31.6 Å². The Labute approximate surface area is 164 Å². The van der Waals surface area contributed by atoms with Crippen LogP contribution in [0, 0.1) is 11.3 Å². The van der Waals surface area contributed by atoms with Crippen LogP contribution in [0.5, 0.6) is 0 Å². The van der Waals surface area contributed by atoms with Crippen LogP contribution in [-0.4, -0.2) is 44.9 Å². The molecular formula is C20H21N3O4S. The van der Waals surface area contributed by atoms with Crippen molar-refractivity contribution in [2.45, 2.75) is 18.2 Å². The smallest absolute Gasteiger partial charge is 0.255 e. The average molecular weight is 399 g/mol. The summed E-state index contributed by atoms with van der Waals surface area (Å²) in [6.07, 6.45) is 0.538. The van der Waals surface area contributed by atoms with Crippen LogP contribution in [0.2, 0.25) is 0 Å². The standard InChI is InChI=1S/C20H21N3O4S/c1-2-16-5-6-17(20(24)22-18-7-3-15(14-21)4-8-18)13-19(16)28(25,26)23-9-11-27-12-10-23/h3-8,13H,2,9-12H2,1H3,(H,22,24). The molecule has 0 saturated carbocycles. The number of hydrogen-bond donors (Lipinski definition) is 1. The molecule has 0 aromatic heterocycles. The number of morpholine rings is 1. The topological polar surface area (TPSA) is 99.5 Å². The first kappa shape index (κ1) is 20.0. The van der Waals surface area contributed by atoms with Crippen molar-refractivity contribution in [2.24, 2.45) is 0 Å². The van der Waals surface area contributed by atoms with E-state index in [1.54, 1.807) is 36.4 Å². The molecule has 1 N–H and O–H groups in total. The minimum Gasteiger partial charge on any atom is -0.379 e. The molecule has 7 nitrogen and oxygen atoms in total. The number of ether oxygens (including phenoxy) is 1. The SMILES string of the molecule is CCc1ccc(C(=O)Nc2ccc(C#N)cc2)cc1S(=O)(=O)N1CCOCC1. The monoisotopic (exact) mass is 399 g/mol. The number of rotatable bonds is 5. The number of aryl methyl sites for hydroxylation is 1. The van der Waals surface area contributed by atoms with Crippen molar-refractivity contribution in [1.82, 2.24) is 4.31 Å². The molecule has 0 spiro atoms. The molecule has 1 amide bonds. The molecule has 1 heterocycles. The van der Waals surface area contributed by atoms with Crippen LogP contribution in [0.4, 0.5) is 5.69 Å². The Hall–Kier alpha value is -2.73. The van der Waals surface area contributed by atoms with Gasteiger partial charge in [0.2, 0.25) is 10.0 Å². The van der Waals surface area contributed by atoms with Gasteiger partial charge in [-0.05, 0) is 48.4 Å². The summed E-state index contributed by atoms with van der Waals surface area (Å²) >= 11 is 0. The van der Waals surface area contributed by atoms with E-state index in [2.05, 4.69) is 5.32 Å². The molecule has 1 fully saturated rings. The fourth-order valence-electron chi connectivity index (χ4n) is 2.99. The zero-order valence-electron chi connectivity index (χ0n) is 15.5. The average Bonchev–Trinajstić information content (AvgIpc) is 2.74. The molecule has 0 aliphatic carbocycles. The van der Waals surface area contributed by atoms with Gasteiger partial charge in [-0.15, -0.1) is 0 Å². The van der Waals surface area contributed by atoms with Crippen LogP contribution in [0.1, 0.15) is 28.4 Å². The zero-order chi connectivity index (χ0) is 20.1. The predicted octanol–water partition coefficient (Wildman–Crippen LogP) is 2.39. The van der Waals surface area contributed by atoms with E-state index in [9.17, 15) is 13.2 Å². The summed E-state index contributed by atoms with van der Waals surface area (Å²) in [6, 6.07) is 13.2. The molecule has 1 aliphatic heterocycles. The van der Waals surface area contributed by atoms with Crippen molar-refractivity contribution < 1.29 is 17.9 Å². The van der Waals surface area contributed by atoms with E-state index in [1.807, 2.05) is 13.0 Å². The fraction of sp³-hybridized carbons (Fsp3) is 0.300. The number of anilines is 1. The molecule has 0 unspecified atom stereocenters. The fourth-order valence-corrected chi connectivity index (χ4v) is 4.71. The van der Waals surface area contributed by atoms with Crippen molar-refractivity contribution in [3.05, 3.63) is 59.2 Å². The van der Waals surface area contributed by atoms with Gasteiger partial charge < -0.3 is 10.1 Å². The lowest BCUT2D eigenvalue weighted by Gasteiger charge is -2.27. The van der Waals surface area contributed by atoms with Gasteiger partial charge in [-0.3, -0.25) is 4.79 Å². The van der Waals surface area contributed by atoms with E-state index >= 15 is 0 Å². The van der Waals surface area contributed by atoms with Crippen molar-refractivity contribution in [3.63, 3.8) is 0 Å². The maximum atomic E-state index is 13.1. The molecule has 146 valence electrons. The van der Waals surface area contributed by atoms with Gasteiger partial charge in [0, 0.05) is 24.3 Å². The van der Waals surface area contributed by atoms with E-state index in [-0.39, 0.29) is 10.5 Å². The lowest BCUT2D eigenvalue weighted by Crippen LogP contribution is -2.41. The predicted molar refractivity (Wildman–Crippen MR) is 105 cm³/mol. The van der Waals surface area contributed by atoms with Crippen molar-refractivity contribution in [3.8, 4) is 6.07 Å². The first-order valence-electron chi connectivity index (χ1n) is 8.98. The number of nitrogens with zero attached hydrogens (tertiary/aromatic N) is 2. The summed E-state index contributed by atoms with van der Waals surface area (Å²) in [5.41, 5.74) is 1.94. The molecule has 2 aromatic rings. The number of amides is 1. The van der Waals surface area contributed by atoms with E-state index in [4.69, 9.17) is 10.00 Å². The molecular weight excluding hydrogens is 378 g/mol. The number of nitriles is 1. The largest absolute Gasteiger partial charge is 0.379 e. The summed E-state index contributed by atoms with van der Waals surface area (Å²) < 4.78 is 32.8. The first-order valence-corrected chi connectivity index (χ1v) is 10.4. The van der Waals surface area contributed by atoms with E-state index in [0.29, 0.717) is 49.5 Å². The third-order valence-corrected chi connectivity index (χ3v) is 6.55. The van der Waals surface area contributed by atoms with Gasteiger partial charge in [-0.25, -0.2) is 8.42 Å². The summed E-state index contributed by atoms with van der Waals surface area (Å²) in [6.45, 7) is 3.20. The second-order valence-electron chi connectivity index (χ2n) is 6.34. The molecule has 1 aliphatic rings. The number of benzene rings is 2. The number of nitrogens with one attached hydrogen (secondary N) is 1. The van der Waals surface area contributed by atoms with Crippen LogP contribution in [0.3, 0.4) is 0 Å². The Morgan fingerprint density at radius 1 is 1.18 bits per heavy atom. The minimum atomic E-state index is -3.71. The van der Waals surface area contributed by atoms with Gasteiger partial charge in [-0.1, -0.05) is 13.0 Å². The van der Waals surface area contributed by atoms with Gasteiger partial charge >= 0.3 is 0 Å². The molecule has 1 saturated heterocycles. The molecule has 2 aromatic carbocycles. The Bertz CT molecular complexity index is 1000. The van der Waals surface area contributed by atoms with Crippen molar-refractivity contribution >= 4 is 21.6 Å². The van der Waals surface area contributed by atoms with Gasteiger partial charge in [0.15, 0.2) is 0 Å². The highest BCUT2D eigenvalue weighted by Gasteiger charge is 2.29. The minimum absolute atomic E-state index is 0.157. The normalized spacial score (nSPS) is 15.0. The van der Waals surface area contributed by atoms with Crippen LogP contribution in [0.15, 0.2) is 47.4 Å². The number of hydrogen-bond acceptors (Lipinski definition) is 5. The highest BCUT2D eigenvalue weighted by atomic mass is 32.2. The molecule has 0 bridgehead atoms. The molecule has 28 heavy (non-hydrogen) atoms. The second-order valence-corrected chi connectivity index (χ2v) is 8.24. The Morgan fingerprint density at radius 2 is 1.86 bits per heavy atom. The number of sulfonamides is 1. The summed E-state index contributed by atoms with van der Waals surface area (Å²) in [5.74, 6) is -0.411. The van der Waals surface area contributed by atoms with Crippen LogP contribution in [0.25, 0.3) is 0 Å². The van der Waals surface area contributed by atoms with Crippen LogP contribution < -0.4 is 5.32 Å². The quantitative estimate of drug-likeness (QED) is 0.832. The van der Waals surface area contributed by atoms with Gasteiger partial charge in [-0.2, -0.15) is 9.57 Å². The zero-order valence-corrected chi connectivity index (χ0v) is 16.3. The third-order valence-electron chi connectivity index (χ3n) is 4.57. The summed E-state index contributed by atoms with van der Waals surface area (Å²) in [5, 5.41) is 11.6. The Morgan fingerprint density at radius 3 is 2.46 bits per heavy atom. The van der Waals surface area contributed by atoms with E-state index < -0.39 is 15.9 Å². The second kappa shape index (κ2) is 8.52. The number of carbonyl (C=O) groups excluding carboxylic acids is 1. The number of carbonyl (C=O) groups is 1. The highest BCUT2D eigenvalue weighted by molar-refractivity contribution is 7.89. The summed E-state index contributed by atoms with van der Waals surface area (Å²) in [4.78, 5) is 12.8. The van der Waals surface area contributed by atoms with Crippen LogP contribution >= 0.6 is 0 Å². The Balaban J connectivity index is 1.89. The van der Waals surface area contributed by atoms with Crippen molar-refractivity contribution in [1.29, 1.82) is 5.26 Å². The first-order chi connectivity index (χ1) is 13.5. The lowest BCUT2D eigenvalue weighted by molar-refractivity contribution is 0.0730. The maximum absolute atomic E-state index is 13.1. The van der Waals surface area contributed by atoms with Gasteiger partial charge in [0.1, 0.15) is 0 Å². The molecule has 8 heteroatoms. The Kier molecular flexibility index (Phi) is 6.09. The van der Waals surface area contributed by atoms with E-state index in [1.165, 1.54) is 10.4 Å². The molecule has 3 rings (SSSR count). The van der Waals surface area contributed by atoms with Gasteiger partial charge in [0.25, 0.3) is 5.91 Å². The van der Waals surface area contributed by atoms with E-state index in [0.717, 1.165) is 0 Å².